The first-order valence-electron chi connectivity index (χ1n) is 4.89. The molecule has 0 spiro atoms. The molecule has 0 saturated heterocycles. The van der Waals surface area contributed by atoms with Crippen LogP contribution in [0.4, 0.5) is 0 Å². The lowest BCUT2D eigenvalue weighted by molar-refractivity contribution is 0.189. The molecule has 0 saturated carbocycles. The SMILES string of the molecule is CCCCN1N=CN(C(Cl)(Cl)C(Cl)(Cl)Cl)C1Br. The Balaban J connectivity index is 2.74. The Labute approximate surface area is 134 Å². The topological polar surface area (TPSA) is 18.8 Å². The summed E-state index contributed by atoms with van der Waals surface area (Å²) in [7, 11) is 0. The Morgan fingerprint density at radius 1 is 1.29 bits per heavy atom. The molecular formula is C8H11BrCl5N3. The maximum absolute atomic E-state index is 6.06. The number of hydrazone groups is 1. The van der Waals surface area contributed by atoms with Crippen LogP contribution < -0.4 is 0 Å². The molecule has 1 heterocycles. The van der Waals surface area contributed by atoms with E-state index in [-0.39, 0.29) is 5.08 Å². The monoisotopic (exact) mass is 403 g/mol. The highest BCUT2D eigenvalue weighted by atomic mass is 79.9. The van der Waals surface area contributed by atoms with Gasteiger partial charge in [-0.3, -0.25) is 9.91 Å². The summed E-state index contributed by atoms with van der Waals surface area (Å²) in [5.41, 5.74) is 0. The molecule has 1 unspecified atom stereocenters. The second kappa shape index (κ2) is 6.10. The Morgan fingerprint density at radius 2 is 1.88 bits per heavy atom. The van der Waals surface area contributed by atoms with Gasteiger partial charge in [0.25, 0.3) is 0 Å². The van der Waals surface area contributed by atoms with Crippen LogP contribution in [0.3, 0.4) is 0 Å². The van der Waals surface area contributed by atoms with E-state index >= 15 is 0 Å². The van der Waals surface area contributed by atoms with Crippen LogP contribution in [0.15, 0.2) is 5.10 Å². The molecule has 0 aliphatic carbocycles. The minimum absolute atomic E-state index is 0.334. The van der Waals surface area contributed by atoms with Crippen molar-refractivity contribution in [3.05, 3.63) is 0 Å². The number of unbranched alkanes of at least 4 members (excludes halogenated alkanes) is 1. The van der Waals surface area contributed by atoms with E-state index in [1.807, 2.05) is 0 Å². The van der Waals surface area contributed by atoms with Crippen LogP contribution in [0.2, 0.25) is 0 Å². The van der Waals surface area contributed by atoms with Gasteiger partial charge < -0.3 is 0 Å². The van der Waals surface area contributed by atoms with Crippen LogP contribution in [0.1, 0.15) is 19.8 Å². The van der Waals surface area contributed by atoms with Gasteiger partial charge >= 0.3 is 0 Å². The van der Waals surface area contributed by atoms with Crippen molar-refractivity contribution in [3.8, 4) is 0 Å². The molecule has 0 fully saturated rings. The van der Waals surface area contributed by atoms with Crippen molar-refractivity contribution >= 4 is 80.3 Å². The van der Waals surface area contributed by atoms with Crippen LogP contribution in [0.25, 0.3) is 0 Å². The van der Waals surface area contributed by atoms with Crippen LogP contribution in [0.5, 0.6) is 0 Å². The fourth-order valence-electron chi connectivity index (χ4n) is 1.21. The average molecular weight is 406 g/mol. The first-order chi connectivity index (χ1) is 7.71. The van der Waals surface area contributed by atoms with Crippen molar-refractivity contribution in [2.24, 2.45) is 5.10 Å². The van der Waals surface area contributed by atoms with Gasteiger partial charge in [0.2, 0.25) is 8.25 Å². The molecule has 1 aliphatic heterocycles. The predicted octanol–water partition coefficient (Wildman–Crippen LogP) is 4.53. The molecule has 0 radical (unpaired) electrons. The highest BCUT2D eigenvalue weighted by Crippen LogP contribution is 2.49. The average Bonchev–Trinajstić information content (AvgIpc) is 2.55. The molecule has 0 amide bonds. The lowest BCUT2D eigenvalue weighted by Gasteiger charge is -2.38. The summed E-state index contributed by atoms with van der Waals surface area (Å²) in [6.45, 7) is 2.86. The quantitative estimate of drug-likeness (QED) is 0.505. The van der Waals surface area contributed by atoms with Gasteiger partial charge in [-0.25, -0.2) is 0 Å². The minimum Gasteiger partial charge on any atom is -0.294 e. The zero-order valence-corrected chi connectivity index (χ0v) is 14.3. The summed E-state index contributed by atoms with van der Waals surface area (Å²) in [4.78, 5) is 1.44. The summed E-state index contributed by atoms with van der Waals surface area (Å²) in [5.74, 6) is 0. The molecule has 0 bridgehead atoms. The molecule has 0 aromatic heterocycles. The number of rotatable bonds is 4. The third-order valence-electron chi connectivity index (χ3n) is 2.21. The van der Waals surface area contributed by atoms with Gasteiger partial charge in [0.1, 0.15) is 6.34 Å². The van der Waals surface area contributed by atoms with Gasteiger partial charge in [0.15, 0.2) is 5.08 Å². The summed E-state index contributed by atoms with van der Waals surface area (Å²) in [6.07, 6.45) is 3.51. The van der Waals surface area contributed by atoms with E-state index in [1.165, 1.54) is 11.2 Å². The number of hydrogen-bond donors (Lipinski definition) is 0. The first-order valence-corrected chi connectivity index (χ1v) is 7.70. The van der Waals surface area contributed by atoms with E-state index in [0.29, 0.717) is 0 Å². The molecule has 1 aliphatic rings. The predicted molar refractivity (Wildman–Crippen MR) is 79.4 cm³/mol. The number of alkyl halides is 6. The molecule has 17 heavy (non-hydrogen) atoms. The zero-order valence-electron chi connectivity index (χ0n) is 8.89. The van der Waals surface area contributed by atoms with Crippen LogP contribution in [-0.4, -0.2) is 36.1 Å². The fraction of sp³-hybridized carbons (Fsp3) is 0.875. The van der Waals surface area contributed by atoms with E-state index in [0.717, 1.165) is 19.4 Å². The Kier molecular flexibility index (Phi) is 5.83. The van der Waals surface area contributed by atoms with Crippen LogP contribution in [0, 0.1) is 0 Å². The Hall–Kier alpha value is 1.20. The molecular weight excluding hydrogens is 395 g/mol. The molecule has 0 aromatic rings. The second-order valence-corrected chi connectivity index (χ2v) is 7.89. The van der Waals surface area contributed by atoms with Crippen LogP contribution in [-0.2, 0) is 0 Å². The molecule has 0 N–H and O–H groups in total. The molecule has 9 heteroatoms. The smallest absolute Gasteiger partial charge is 0.241 e. The summed E-state index contributed by atoms with van der Waals surface area (Å²) in [5, 5.41) is 5.60. The minimum atomic E-state index is -1.85. The highest BCUT2D eigenvalue weighted by molar-refractivity contribution is 9.09. The third kappa shape index (κ3) is 3.61. The number of hydrogen-bond acceptors (Lipinski definition) is 3. The maximum atomic E-state index is 6.06. The number of nitrogens with zero attached hydrogens (tertiary/aromatic N) is 3. The van der Waals surface area contributed by atoms with Gasteiger partial charge in [0, 0.05) is 6.54 Å². The normalized spacial score (nSPS) is 21.5. The van der Waals surface area contributed by atoms with E-state index < -0.39 is 8.25 Å². The number of halogens is 6. The lowest BCUT2D eigenvalue weighted by Crippen LogP contribution is -2.52. The van der Waals surface area contributed by atoms with Gasteiger partial charge in [-0.15, -0.1) is 0 Å². The lowest BCUT2D eigenvalue weighted by atomic mass is 10.3. The standard InChI is InChI=1S/C8H11BrCl5N3/c1-2-3-4-17-6(9)16(5-15-17)8(13,14)7(10,11)12/h5-6H,2-4H2,1H3. The van der Waals surface area contributed by atoms with Gasteiger partial charge in [0.05, 0.1) is 0 Å². The van der Waals surface area contributed by atoms with Gasteiger partial charge in [-0.1, -0.05) is 71.3 Å². The van der Waals surface area contributed by atoms with E-state index in [2.05, 4.69) is 28.0 Å². The largest absolute Gasteiger partial charge is 0.294 e. The van der Waals surface area contributed by atoms with Crippen molar-refractivity contribution < 1.29 is 0 Å². The van der Waals surface area contributed by atoms with Gasteiger partial charge in [-0.2, -0.15) is 5.10 Å². The van der Waals surface area contributed by atoms with Crippen molar-refractivity contribution in [2.45, 2.75) is 33.1 Å². The van der Waals surface area contributed by atoms with E-state index in [9.17, 15) is 0 Å². The van der Waals surface area contributed by atoms with Crippen molar-refractivity contribution in [1.29, 1.82) is 0 Å². The zero-order chi connectivity index (χ0) is 13.3. The summed E-state index contributed by atoms with van der Waals surface area (Å²) < 4.78 is -3.55. The highest BCUT2D eigenvalue weighted by Gasteiger charge is 2.53. The third-order valence-corrected chi connectivity index (χ3v) is 5.48. The van der Waals surface area contributed by atoms with Crippen molar-refractivity contribution in [1.82, 2.24) is 9.91 Å². The Bertz CT molecular complexity index is 293. The molecule has 0 aromatic carbocycles. The van der Waals surface area contributed by atoms with E-state index in [4.69, 9.17) is 58.0 Å². The summed E-state index contributed by atoms with van der Waals surface area (Å²) >= 11 is 32.8. The van der Waals surface area contributed by atoms with Crippen molar-refractivity contribution in [3.63, 3.8) is 0 Å². The van der Waals surface area contributed by atoms with Crippen LogP contribution >= 0.6 is 73.9 Å². The summed E-state index contributed by atoms with van der Waals surface area (Å²) in [6, 6.07) is 0. The van der Waals surface area contributed by atoms with E-state index in [1.54, 1.807) is 5.01 Å². The molecule has 1 rings (SSSR count). The maximum Gasteiger partial charge on any atom is 0.241 e. The molecule has 1 atom stereocenters. The molecule has 100 valence electrons. The molecule has 3 nitrogen and oxygen atoms in total. The fourth-order valence-corrected chi connectivity index (χ4v) is 2.74. The Morgan fingerprint density at radius 3 is 2.35 bits per heavy atom. The second-order valence-electron chi connectivity index (χ2n) is 3.50. The van der Waals surface area contributed by atoms with Crippen molar-refractivity contribution in [2.75, 3.05) is 6.54 Å². The first kappa shape index (κ1) is 16.3. The van der Waals surface area contributed by atoms with Gasteiger partial charge in [-0.05, 0) is 22.4 Å².